The zero-order valence-electron chi connectivity index (χ0n) is 7.82. The molecule has 0 N–H and O–H groups in total. The van der Waals surface area contributed by atoms with Crippen molar-refractivity contribution < 1.29 is 0 Å². The first-order valence-corrected chi connectivity index (χ1v) is 7.04. The van der Waals surface area contributed by atoms with E-state index in [0.29, 0.717) is 5.02 Å². The third-order valence-electron chi connectivity index (χ3n) is 1.69. The van der Waals surface area contributed by atoms with Crippen LogP contribution >= 0.6 is 55.2 Å². The summed E-state index contributed by atoms with van der Waals surface area (Å²) in [4.78, 5) is 8.48. The maximum Gasteiger partial charge on any atom is 0.121 e. The Bertz CT molecular complexity index is 522. The van der Waals surface area contributed by atoms with Crippen molar-refractivity contribution in [1.82, 2.24) is 9.97 Å². The van der Waals surface area contributed by atoms with Crippen molar-refractivity contribution in [3.8, 4) is 0 Å². The Labute approximate surface area is 119 Å². The molecule has 0 atom stereocenters. The van der Waals surface area contributed by atoms with Gasteiger partial charge in [-0.15, -0.1) is 0 Å². The number of aromatic nitrogens is 2. The van der Waals surface area contributed by atoms with Crippen LogP contribution < -0.4 is 0 Å². The fourth-order valence-electron chi connectivity index (χ4n) is 1.02. The van der Waals surface area contributed by atoms with Crippen molar-refractivity contribution in [2.75, 3.05) is 0 Å². The number of hydrogen-bond donors (Lipinski definition) is 0. The lowest BCUT2D eigenvalue weighted by Gasteiger charge is -2.04. The van der Waals surface area contributed by atoms with Crippen LogP contribution in [0.2, 0.25) is 5.02 Å². The Hall–Kier alpha value is -0.100. The highest BCUT2D eigenvalue weighted by atomic mass is 79.9. The van der Waals surface area contributed by atoms with E-state index >= 15 is 0 Å². The highest BCUT2D eigenvalue weighted by Gasteiger charge is 2.08. The summed E-state index contributed by atoms with van der Waals surface area (Å²) in [5.41, 5.74) is 0. The average molecular weight is 380 g/mol. The molecule has 0 saturated carbocycles. The Balaban J connectivity index is 2.31. The van der Waals surface area contributed by atoms with Crippen LogP contribution in [0, 0.1) is 0 Å². The number of halogens is 3. The molecule has 82 valence electrons. The molecule has 16 heavy (non-hydrogen) atoms. The largest absolute Gasteiger partial charge is 0.248 e. The molecule has 2 aromatic rings. The van der Waals surface area contributed by atoms with E-state index in [2.05, 4.69) is 41.8 Å². The minimum absolute atomic E-state index is 0.608. The van der Waals surface area contributed by atoms with E-state index in [1.54, 1.807) is 12.4 Å². The standard InChI is InChI=1S/C10H5Br2ClN2S/c11-6-4-8(13)10(15-5-6)16-9-7(12)2-1-3-14-9/h1-5H. The molecule has 0 fully saturated rings. The molecule has 0 spiro atoms. The van der Waals surface area contributed by atoms with Gasteiger partial charge in [-0.1, -0.05) is 11.6 Å². The lowest BCUT2D eigenvalue weighted by atomic mass is 10.5. The predicted molar refractivity (Wildman–Crippen MR) is 73.0 cm³/mol. The van der Waals surface area contributed by atoms with Gasteiger partial charge in [0, 0.05) is 16.9 Å². The summed E-state index contributed by atoms with van der Waals surface area (Å²) >= 11 is 14.2. The van der Waals surface area contributed by atoms with E-state index < -0.39 is 0 Å². The number of hydrogen-bond acceptors (Lipinski definition) is 3. The van der Waals surface area contributed by atoms with Gasteiger partial charge in [-0.2, -0.15) is 0 Å². The van der Waals surface area contributed by atoms with Crippen LogP contribution in [0.15, 0.2) is 49.6 Å². The highest BCUT2D eigenvalue weighted by Crippen LogP contribution is 2.34. The molecular weight excluding hydrogens is 375 g/mol. The van der Waals surface area contributed by atoms with Crippen LogP contribution in [0.4, 0.5) is 0 Å². The quantitative estimate of drug-likeness (QED) is 0.748. The van der Waals surface area contributed by atoms with E-state index in [1.807, 2.05) is 18.2 Å². The fourth-order valence-corrected chi connectivity index (χ4v) is 2.98. The van der Waals surface area contributed by atoms with Crippen LogP contribution in [0.1, 0.15) is 0 Å². The molecule has 0 radical (unpaired) electrons. The second-order valence-corrected chi connectivity index (χ2v) is 5.99. The molecule has 2 rings (SSSR count). The van der Waals surface area contributed by atoms with Crippen molar-refractivity contribution in [1.29, 1.82) is 0 Å². The lowest BCUT2D eigenvalue weighted by molar-refractivity contribution is 1.08. The van der Waals surface area contributed by atoms with Crippen molar-refractivity contribution in [2.45, 2.75) is 10.1 Å². The minimum atomic E-state index is 0.608. The lowest BCUT2D eigenvalue weighted by Crippen LogP contribution is -1.85. The molecule has 2 nitrogen and oxygen atoms in total. The Morgan fingerprint density at radius 2 is 2.00 bits per heavy atom. The molecule has 0 aliphatic carbocycles. The summed E-state index contributed by atoms with van der Waals surface area (Å²) in [5, 5.41) is 2.19. The second-order valence-electron chi connectivity index (χ2n) is 2.83. The minimum Gasteiger partial charge on any atom is -0.248 e. The Kier molecular flexibility index (Phi) is 4.24. The summed E-state index contributed by atoms with van der Waals surface area (Å²) in [7, 11) is 0. The van der Waals surface area contributed by atoms with Gasteiger partial charge in [-0.3, -0.25) is 0 Å². The fraction of sp³-hybridized carbons (Fsp3) is 0. The van der Waals surface area contributed by atoms with Gasteiger partial charge in [-0.25, -0.2) is 9.97 Å². The number of pyridine rings is 2. The SMILES string of the molecule is Clc1cc(Br)cnc1Sc1ncccc1Br. The molecule has 6 heteroatoms. The summed E-state index contributed by atoms with van der Waals surface area (Å²) < 4.78 is 1.79. The average Bonchev–Trinajstić information content (AvgIpc) is 2.25. The summed E-state index contributed by atoms with van der Waals surface area (Å²) in [5.74, 6) is 0. The molecular formula is C10H5Br2ClN2S. The molecule has 0 aromatic carbocycles. The van der Waals surface area contributed by atoms with E-state index in [-0.39, 0.29) is 0 Å². The van der Waals surface area contributed by atoms with E-state index in [9.17, 15) is 0 Å². The summed E-state index contributed by atoms with van der Waals surface area (Å²) in [6.45, 7) is 0. The topological polar surface area (TPSA) is 25.8 Å². The van der Waals surface area contributed by atoms with Gasteiger partial charge in [0.2, 0.25) is 0 Å². The highest BCUT2D eigenvalue weighted by molar-refractivity contribution is 9.10. The van der Waals surface area contributed by atoms with Gasteiger partial charge in [0.15, 0.2) is 0 Å². The molecule has 0 aliphatic heterocycles. The van der Waals surface area contributed by atoms with Crippen LogP contribution in [0.5, 0.6) is 0 Å². The van der Waals surface area contributed by atoms with Gasteiger partial charge in [-0.05, 0) is 61.8 Å². The molecule has 0 saturated heterocycles. The molecule has 0 aliphatic rings. The van der Waals surface area contributed by atoms with Crippen molar-refractivity contribution in [3.63, 3.8) is 0 Å². The van der Waals surface area contributed by atoms with E-state index in [4.69, 9.17) is 11.6 Å². The third kappa shape index (κ3) is 2.97. The van der Waals surface area contributed by atoms with Gasteiger partial charge < -0.3 is 0 Å². The number of rotatable bonds is 2. The smallest absolute Gasteiger partial charge is 0.121 e. The predicted octanol–water partition coefficient (Wildman–Crippen LogP) is 4.81. The van der Waals surface area contributed by atoms with Crippen LogP contribution in [-0.2, 0) is 0 Å². The monoisotopic (exact) mass is 378 g/mol. The maximum absolute atomic E-state index is 6.08. The zero-order chi connectivity index (χ0) is 11.5. The van der Waals surface area contributed by atoms with Crippen molar-refractivity contribution in [3.05, 3.63) is 44.6 Å². The van der Waals surface area contributed by atoms with Gasteiger partial charge >= 0.3 is 0 Å². The van der Waals surface area contributed by atoms with Gasteiger partial charge in [0.25, 0.3) is 0 Å². The molecule has 0 amide bonds. The molecule has 0 unspecified atom stereocenters. The van der Waals surface area contributed by atoms with Crippen molar-refractivity contribution >= 4 is 55.2 Å². The Morgan fingerprint density at radius 3 is 2.69 bits per heavy atom. The second kappa shape index (κ2) is 5.49. The third-order valence-corrected chi connectivity index (χ3v) is 4.47. The van der Waals surface area contributed by atoms with Gasteiger partial charge in [0.1, 0.15) is 10.1 Å². The maximum atomic E-state index is 6.08. The molecule has 2 heterocycles. The Morgan fingerprint density at radius 1 is 1.19 bits per heavy atom. The van der Waals surface area contributed by atoms with E-state index in [0.717, 1.165) is 19.0 Å². The first kappa shape index (κ1) is 12.4. The number of nitrogens with zero attached hydrogens (tertiary/aromatic N) is 2. The normalized spacial score (nSPS) is 10.4. The first-order valence-electron chi connectivity index (χ1n) is 4.26. The first-order chi connectivity index (χ1) is 7.66. The summed E-state index contributed by atoms with van der Waals surface area (Å²) in [6.07, 6.45) is 3.45. The zero-order valence-corrected chi connectivity index (χ0v) is 12.6. The molecule has 2 aromatic heterocycles. The van der Waals surface area contributed by atoms with Gasteiger partial charge in [0.05, 0.1) is 9.50 Å². The van der Waals surface area contributed by atoms with Crippen LogP contribution in [0.25, 0.3) is 0 Å². The van der Waals surface area contributed by atoms with E-state index in [1.165, 1.54) is 11.8 Å². The van der Waals surface area contributed by atoms with Crippen LogP contribution in [0.3, 0.4) is 0 Å². The van der Waals surface area contributed by atoms with Crippen LogP contribution in [-0.4, -0.2) is 9.97 Å². The molecule has 0 bridgehead atoms. The van der Waals surface area contributed by atoms with Crippen molar-refractivity contribution in [2.24, 2.45) is 0 Å². The summed E-state index contributed by atoms with van der Waals surface area (Å²) in [6, 6.07) is 5.61.